The maximum absolute atomic E-state index is 10.3. The van der Waals surface area contributed by atoms with Crippen molar-refractivity contribution in [3.8, 4) is 0 Å². The maximum atomic E-state index is 10.3. The Kier molecular flexibility index (Phi) is 7.98. The van der Waals surface area contributed by atoms with Gasteiger partial charge >= 0.3 is 8.80 Å². The molecule has 0 heterocycles. The second-order valence-corrected chi connectivity index (χ2v) is 10.1. The number of ether oxygens (including phenoxy) is 1. The van der Waals surface area contributed by atoms with E-state index < -0.39 is 8.80 Å². The summed E-state index contributed by atoms with van der Waals surface area (Å²) in [6, 6.07) is 0.827. The Morgan fingerprint density at radius 2 is 1.57 bits per heavy atom. The van der Waals surface area contributed by atoms with Crippen molar-refractivity contribution in [3.05, 3.63) is 0 Å². The lowest BCUT2D eigenvalue weighted by molar-refractivity contribution is -0.112. The van der Waals surface area contributed by atoms with Crippen LogP contribution in [0, 0.1) is 5.92 Å². The molecule has 0 radical (unpaired) electrons. The van der Waals surface area contributed by atoms with E-state index in [1.165, 1.54) is 19.3 Å². The Labute approximate surface area is 142 Å². The van der Waals surface area contributed by atoms with E-state index in [2.05, 4.69) is 0 Å². The van der Waals surface area contributed by atoms with Gasteiger partial charge in [0.2, 0.25) is 0 Å². The summed E-state index contributed by atoms with van der Waals surface area (Å²) in [5, 5.41) is 10.3. The predicted octanol–water partition coefficient (Wildman–Crippen LogP) is 3.13. The lowest BCUT2D eigenvalue weighted by atomic mass is 9.83. The van der Waals surface area contributed by atoms with Crippen molar-refractivity contribution in [1.82, 2.24) is 0 Å². The Morgan fingerprint density at radius 1 is 0.913 bits per heavy atom. The summed E-state index contributed by atoms with van der Waals surface area (Å²) in [5.41, 5.74) is 0. The summed E-state index contributed by atoms with van der Waals surface area (Å²) in [6.45, 7) is 0. The first-order valence-corrected chi connectivity index (χ1v) is 11.0. The molecule has 5 nitrogen and oxygen atoms in total. The van der Waals surface area contributed by atoms with Crippen molar-refractivity contribution in [2.24, 2.45) is 5.92 Å². The van der Waals surface area contributed by atoms with Crippen LogP contribution in [0.25, 0.3) is 0 Å². The van der Waals surface area contributed by atoms with Gasteiger partial charge in [-0.1, -0.05) is 19.3 Å². The van der Waals surface area contributed by atoms with Gasteiger partial charge in [-0.25, -0.2) is 0 Å². The summed E-state index contributed by atoms with van der Waals surface area (Å²) in [5.74, 6) is 0.555. The van der Waals surface area contributed by atoms with Crippen LogP contribution < -0.4 is 0 Å². The molecule has 3 atom stereocenters. The monoisotopic (exact) mass is 346 g/mol. The van der Waals surface area contributed by atoms with Gasteiger partial charge in [-0.05, 0) is 44.4 Å². The first kappa shape index (κ1) is 19.3. The van der Waals surface area contributed by atoms with Crippen LogP contribution in [0.15, 0.2) is 0 Å². The molecule has 23 heavy (non-hydrogen) atoms. The van der Waals surface area contributed by atoms with E-state index in [-0.39, 0.29) is 12.2 Å². The van der Waals surface area contributed by atoms with Gasteiger partial charge in [-0.15, -0.1) is 0 Å². The van der Waals surface area contributed by atoms with Gasteiger partial charge in [-0.2, -0.15) is 0 Å². The third kappa shape index (κ3) is 5.51. The highest BCUT2D eigenvalue weighted by atomic mass is 28.4. The Hall–Kier alpha value is 0.0169. The zero-order valence-corrected chi connectivity index (χ0v) is 16.0. The van der Waals surface area contributed by atoms with Gasteiger partial charge in [0, 0.05) is 27.4 Å². The number of aliphatic hydroxyl groups excluding tert-OH is 1. The predicted molar refractivity (Wildman–Crippen MR) is 91.3 cm³/mol. The minimum absolute atomic E-state index is 0.000511. The van der Waals surface area contributed by atoms with Gasteiger partial charge in [0.05, 0.1) is 18.3 Å². The molecule has 2 rings (SSSR count). The molecular formula is C17H34O5Si. The first-order chi connectivity index (χ1) is 11.1. The zero-order valence-electron chi connectivity index (χ0n) is 15.0. The Morgan fingerprint density at radius 3 is 2.17 bits per heavy atom. The fourth-order valence-corrected chi connectivity index (χ4v) is 5.86. The van der Waals surface area contributed by atoms with Crippen LogP contribution in [0.2, 0.25) is 6.04 Å². The molecule has 0 bridgehead atoms. The molecule has 2 fully saturated rings. The van der Waals surface area contributed by atoms with Crippen molar-refractivity contribution in [2.75, 3.05) is 21.3 Å². The van der Waals surface area contributed by atoms with Crippen molar-refractivity contribution in [3.63, 3.8) is 0 Å². The highest BCUT2D eigenvalue weighted by Crippen LogP contribution is 2.34. The zero-order chi connectivity index (χ0) is 16.7. The summed E-state index contributed by atoms with van der Waals surface area (Å²) in [7, 11) is 2.51. The molecule has 0 amide bonds. The molecule has 0 aromatic heterocycles. The lowest BCUT2D eigenvalue weighted by Gasteiger charge is -2.37. The van der Waals surface area contributed by atoms with E-state index in [0.717, 1.165) is 44.6 Å². The molecule has 3 unspecified atom stereocenters. The molecule has 0 spiro atoms. The second-order valence-electron chi connectivity index (χ2n) is 7.02. The van der Waals surface area contributed by atoms with Crippen LogP contribution in [0.5, 0.6) is 0 Å². The second kappa shape index (κ2) is 9.49. The molecule has 6 heteroatoms. The Balaban J connectivity index is 1.81. The van der Waals surface area contributed by atoms with E-state index in [1.54, 1.807) is 21.3 Å². The smallest absolute Gasteiger partial charge is 0.390 e. The maximum Gasteiger partial charge on any atom is 0.500 e. The Bertz CT molecular complexity index is 323. The first-order valence-electron chi connectivity index (χ1n) is 9.11. The normalized spacial score (nSPS) is 30.5. The molecule has 0 saturated heterocycles. The molecule has 136 valence electrons. The van der Waals surface area contributed by atoms with Crippen molar-refractivity contribution in [1.29, 1.82) is 0 Å². The molecule has 0 aliphatic heterocycles. The van der Waals surface area contributed by atoms with Gasteiger partial charge in [0.15, 0.2) is 0 Å². The molecular weight excluding hydrogens is 312 g/mol. The lowest BCUT2D eigenvalue weighted by Crippen LogP contribution is -2.44. The molecule has 0 aromatic carbocycles. The standard InChI is InChI=1S/C17H34O5Si/c1-19-23(20-2,21-3)12-11-14-9-10-16(18)17(13-14)22-15-7-5-4-6-8-15/h14-18H,4-13H2,1-3H3. The third-order valence-corrected chi connectivity index (χ3v) is 8.34. The van der Waals surface area contributed by atoms with Crippen LogP contribution in [-0.4, -0.2) is 53.6 Å². The van der Waals surface area contributed by atoms with Crippen LogP contribution >= 0.6 is 0 Å². The number of rotatable bonds is 8. The summed E-state index contributed by atoms with van der Waals surface area (Å²) in [6.07, 6.45) is 10.1. The van der Waals surface area contributed by atoms with Crippen molar-refractivity contribution in [2.45, 2.75) is 82.1 Å². The molecule has 1 N–H and O–H groups in total. The van der Waals surface area contributed by atoms with Gasteiger partial charge in [0.1, 0.15) is 0 Å². The van der Waals surface area contributed by atoms with Crippen LogP contribution in [0.1, 0.15) is 57.8 Å². The van der Waals surface area contributed by atoms with E-state index in [4.69, 9.17) is 18.0 Å². The van der Waals surface area contributed by atoms with Crippen molar-refractivity contribution < 1.29 is 23.1 Å². The average molecular weight is 347 g/mol. The fraction of sp³-hybridized carbons (Fsp3) is 1.00. The molecule has 2 saturated carbocycles. The number of aliphatic hydroxyl groups is 1. The van der Waals surface area contributed by atoms with E-state index in [9.17, 15) is 5.11 Å². The largest absolute Gasteiger partial charge is 0.500 e. The fourth-order valence-electron chi connectivity index (χ4n) is 3.99. The third-order valence-electron chi connectivity index (χ3n) is 5.58. The quantitative estimate of drug-likeness (QED) is 0.684. The summed E-state index contributed by atoms with van der Waals surface area (Å²) in [4.78, 5) is 0. The van der Waals surface area contributed by atoms with Crippen LogP contribution in [0.4, 0.5) is 0 Å². The average Bonchev–Trinajstić information content (AvgIpc) is 2.60. The highest BCUT2D eigenvalue weighted by molar-refractivity contribution is 6.60. The summed E-state index contributed by atoms with van der Waals surface area (Å²) < 4.78 is 22.8. The topological polar surface area (TPSA) is 57.2 Å². The molecule has 0 aromatic rings. The van der Waals surface area contributed by atoms with Crippen molar-refractivity contribution >= 4 is 8.80 Å². The van der Waals surface area contributed by atoms with E-state index >= 15 is 0 Å². The van der Waals surface area contributed by atoms with Gasteiger partial charge in [-0.3, -0.25) is 0 Å². The minimum Gasteiger partial charge on any atom is -0.390 e. The summed E-state index contributed by atoms with van der Waals surface area (Å²) >= 11 is 0. The number of hydrogen-bond donors (Lipinski definition) is 1. The van der Waals surface area contributed by atoms with Gasteiger partial charge < -0.3 is 23.1 Å². The molecule has 2 aliphatic carbocycles. The van der Waals surface area contributed by atoms with Gasteiger partial charge in [0.25, 0.3) is 0 Å². The van der Waals surface area contributed by atoms with E-state index in [1.807, 2.05) is 0 Å². The molecule has 2 aliphatic rings. The number of hydrogen-bond acceptors (Lipinski definition) is 5. The van der Waals surface area contributed by atoms with Crippen LogP contribution in [-0.2, 0) is 18.0 Å². The minimum atomic E-state index is -2.49. The SMILES string of the molecule is CO[Si](CCC1CCC(O)C(OC2CCCCC2)C1)(OC)OC. The van der Waals surface area contributed by atoms with E-state index in [0.29, 0.717) is 12.0 Å². The van der Waals surface area contributed by atoms with Crippen LogP contribution in [0.3, 0.4) is 0 Å². The highest BCUT2D eigenvalue weighted by Gasteiger charge is 2.39.